The van der Waals surface area contributed by atoms with Gasteiger partial charge in [-0.3, -0.25) is 25.0 Å². The minimum absolute atomic E-state index is 0.0817. The lowest BCUT2D eigenvalue weighted by Gasteiger charge is -2.01. The fraction of sp³-hybridized carbons (Fsp3) is 0.600. The molecule has 0 unspecified atom stereocenters. The molecule has 0 aromatic carbocycles. The number of amides is 1. The Labute approximate surface area is 83.4 Å². The summed E-state index contributed by atoms with van der Waals surface area (Å²) >= 11 is 0. The van der Waals surface area contributed by atoms with Crippen LogP contribution in [0.15, 0.2) is 5.10 Å². The van der Waals surface area contributed by atoms with Gasteiger partial charge >= 0.3 is 6.17 Å². The number of nitro groups is 2. The maximum atomic E-state index is 10.7. The highest BCUT2D eigenvalue weighted by Crippen LogP contribution is 1.91. The summed E-state index contributed by atoms with van der Waals surface area (Å²) in [6.45, 7) is 1.51. The third-order valence-electron chi connectivity index (χ3n) is 1.29. The molecule has 0 aliphatic heterocycles. The molecule has 10 heteroatoms. The van der Waals surface area contributed by atoms with Gasteiger partial charge in [0, 0.05) is 6.42 Å². The van der Waals surface area contributed by atoms with Crippen LogP contribution >= 0.6 is 0 Å². The van der Waals surface area contributed by atoms with Gasteiger partial charge in [0.05, 0.1) is 0 Å². The van der Waals surface area contributed by atoms with E-state index < -0.39 is 27.8 Å². The molecule has 3 N–H and O–H groups in total. The first-order valence-electron chi connectivity index (χ1n) is 3.79. The van der Waals surface area contributed by atoms with Gasteiger partial charge in [-0.05, 0) is 0 Å². The van der Waals surface area contributed by atoms with Crippen LogP contribution in [0.5, 0.6) is 0 Å². The lowest BCUT2D eigenvalue weighted by molar-refractivity contribution is -0.719. The second-order valence-electron chi connectivity index (χ2n) is 2.37. The normalized spacial score (nSPS) is 11.2. The number of rotatable bonds is 5. The van der Waals surface area contributed by atoms with Crippen LogP contribution in [-0.2, 0) is 4.79 Å². The molecule has 0 aliphatic rings. The predicted octanol–water partition coefficient (Wildman–Crippen LogP) is -1.34. The van der Waals surface area contributed by atoms with Crippen molar-refractivity contribution in [3.63, 3.8) is 0 Å². The Morgan fingerprint density at radius 3 is 2.27 bits per heavy atom. The Morgan fingerprint density at radius 1 is 1.47 bits per heavy atom. The number of hydrogen-bond donors (Lipinski definition) is 2. The number of nitrogens with two attached hydrogens (primary N) is 1. The second-order valence-corrected chi connectivity index (χ2v) is 2.37. The van der Waals surface area contributed by atoms with Gasteiger partial charge in [-0.15, -0.1) is 5.10 Å². The number of hydrazone groups is 1. The van der Waals surface area contributed by atoms with E-state index in [1.807, 2.05) is 5.43 Å². The number of amidine groups is 1. The lowest BCUT2D eigenvalue weighted by atomic mass is 10.5. The van der Waals surface area contributed by atoms with Gasteiger partial charge in [0.2, 0.25) is 5.91 Å². The van der Waals surface area contributed by atoms with Gasteiger partial charge in [0.15, 0.2) is 0 Å². The molecule has 0 fully saturated rings. The Kier molecular flexibility index (Phi) is 4.64. The van der Waals surface area contributed by atoms with Crippen molar-refractivity contribution >= 4 is 11.7 Å². The fourth-order valence-electron chi connectivity index (χ4n) is 0.557. The molecule has 0 spiro atoms. The molecule has 0 bridgehead atoms. The van der Waals surface area contributed by atoms with Gasteiger partial charge in [-0.2, -0.15) is 0 Å². The summed E-state index contributed by atoms with van der Waals surface area (Å²) in [4.78, 5) is 28.6. The number of nitrogens with one attached hydrogen (secondary N) is 1. The summed E-state index contributed by atoms with van der Waals surface area (Å²) in [6.07, 6.45) is -2.26. The van der Waals surface area contributed by atoms with Crippen molar-refractivity contribution in [1.29, 1.82) is 0 Å². The van der Waals surface area contributed by atoms with E-state index in [-0.39, 0.29) is 6.42 Å². The molecule has 0 saturated heterocycles. The summed E-state index contributed by atoms with van der Waals surface area (Å²) < 4.78 is 0. The molecule has 1 amide bonds. The smallest absolute Gasteiger partial charge is 0.374 e. The first-order valence-corrected chi connectivity index (χ1v) is 3.79. The summed E-state index contributed by atoms with van der Waals surface area (Å²) in [5.74, 6) is -1.44. The van der Waals surface area contributed by atoms with Crippen molar-refractivity contribution in [3.05, 3.63) is 20.2 Å². The summed E-state index contributed by atoms with van der Waals surface area (Å²) in [6, 6.07) is 0. The van der Waals surface area contributed by atoms with E-state index in [1.54, 1.807) is 0 Å². The number of carbonyl (C=O) groups is 1. The maximum absolute atomic E-state index is 10.7. The summed E-state index contributed by atoms with van der Waals surface area (Å²) in [5.41, 5.74) is 6.81. The van der Waals surface area contributed by atoms with Crippen molar-refractivity contribution in [1.82, 2.24) is 5.43 Å². The zero-order chi connectivity index (χ0) is 12.0. The largest absolute Gasteiger partial charge is 0.508 e. The van der Waals surface area contributed by atoms with Crippen molar-refractivity contribution in [2.75, 3.05) is 0 Å². The zero-order valence-electron chi connectivity index (χ0n) is 7.74. The Bertz CT molecular complexity index is 299. The van der Waals surface area contributed by atoms with Crippen LogP contribution in [0.25, 0.3) is 0 Å². The van der Waals surface area contributed by atoms with Gasteiger partial charge < -0.3 is 5.73 Å². The quantitative estimate of drug-likeness (QED) is 0.192. The highest BCUT2D eigenvalue weighted by atomic mass is 16.7. The monoisotopic (exact) mass is 219 g/mol. The van der Waals surface area contributed by atoms with E-state index in [1.165, 1.54) is 6.92 Å². The van der Waals surface area contributed by atoms with Gasteiger partial charge in [-0.1, -0.05) is 6.92 Å². The third-order valence-corrected chi connectivity index (χ3v) is 1.29. The minimum atomic E-state index is -2.35. The number of nitrogens with zero attached hydrogens (tertiary/aromatic N) is 3. The number of carbonyl (C=O) groups excluding carboxylic acids is 1. The molecule has 10 nitrogen and oxygen atoms in total. The van der Waals surface area contributed by atoms with Crippen LogP contribution in [0.4, 0.5) is 0 Å². The van der Waals surface area contributed by atoms with Crippen LogP contribution < -0.4 is 11.2 Å². The standard InChI is InChI=1S/C5H9N5O5/c1-2-3(11)7-8-4(6)5(9(12)13)10(14)15/h5H,2H2,1H3,(H2,6,8)(H,7,11). The van der Waals surface area contributed by atoms with E-state index in [0.717, 1.165) is 0 Å². The predicted molar refractivity (Wildman–Crippen MR) is 47.8 cm³/mol. The van der Waals surface area contributed by atoms with Gasteiger partial charge in [-0.25, -0.2) is 5.43 Å². The highest BCUT2D eigenvalue weighted by molar-refractivity contribution is 5.85. The molecular formula is C5H9N5O5. The molecule has 0 radical (unpaired) electrons. The van der Waals surface area contributed by atoms with E-state index in [4.69, 9.17) is 5.73 Å². The molecule has 15 heavy (non-hydrogen) atoms. The highest BCUT2D eigenvalue weighted by Gasteiger charge is 2.37. The van der Waals surface area contributed by atoms with Crippen LogP contribution in [-0.4, -0.2) is 27.8 Å². The Morgan fingerprint density at radius 2 is 1.93 bits per heavy atom. The van der Waals surface area contributed by atoms with E-state index in [0.29, 0.717) is 0 Å². The zero-order valence-corrected chi connectivity index (χ0v) is 7.74. The molecule has 0 atom stereocenters. The first kappa shape index (κ1) is 12.7. The third kappa shape index (κ3) is 3.97. The van der Waals surface area contributed by atoms with Crippen molar-refractivity contribution in [2.24, 2.45) is 10.8 Å². The van der Waals surface area contributed by atoms with E-state index in [2.05, 4.69) is 5.10 Å². The Balaban J connectivity index is 4.64. The molecule has 0 aromatic heterocycles. The first-order chi connectivity index (χ1) is 6.90. The van der Waals surface area contributed by atoms with E-state index >= 15 is 0 Å². The molecular weight excluding hydrogens is 210 g/mol. The molecule has 0 saturated carbocycles. The molecule has 0 aromatic rings. The summed E-state index contributed by atoms with van der Waals surface area (Å²) in [5, 5.41) is 23.4. The summed E-state index contributed by atoms with van der Waals surface area (Å²) in [7, 11) is 0. The number of hydrogen-bond acceptors (Lipinski definition) is 6. The van der Waals surface area contributed by atoms with Crippen LogP contribution in [0.3, 0.4) is 0 Å². The van der Waals surface area contributed by atoms with Crippen LogP contribution in [0.2, 0.25) is 0 Å². The van der Waals surface area contributed by atoms with Crippen molar-refractivity contribution in [3.8, 4) is 0 Å². The average Bonchev–Trinajstić information content (AvgIpc) is 2.12. The lowest BCUT2D eigenvalue weighted by Crippen LogP contribution is -2.43. The topological polar surface area (TPSA) is 154 Å². The van der Waals surface area contributed by atoms with E-state index in [9.17, 15) is 25.0 Å². The van der Waals surface area contributed by atoms with Crippen molar-refractivity contribution < 1.29 is 14.6 Å². The fourth-order valence-corrected chi connectivity index (χ4v) is 0.557. The SMILES string of the molecule is CCC(=O)N/N=C(/N)C([N+](=O)[O-])[N+](=O)[O-]. The average molecular weight is 219 g/mol. The molecule has 0 heterocycles. The van der Waals surface area contributed by atoms with Crippen molar-refractivity contribution in [2.45, 2.75) is 19.5 Å². The molecule has 0 aliphatic carbocycles. The van der Waals surface area contributed by atoms with Crippen LogP contribution in [0, 0.1) is 20.2 Å². The maximum Gasteiger partial charge on any atom is 0.508 e. The van der Waals surface area contributed by atoms with Gasteiger partial charge in [0.1, 0.15) is 9.85 Å². The van der Waals surface area contributed by atoms with Gasteiger partial charge in [0.25, 0.3) is 5.84 Å². The second kappa shape index (κ2) is 5.47. The Hall–Kier alpha value is -2.26. The molecule has 84 valence electrons. The minimum Gasteiger partial charge on any atom is -0.374 e. The van der Waals surface area contributed by atoms with Crippen LogP contribution in [0.1, 0.15) is 13.3 Å². The molecule has 0 rings (SSSR count).